The van der Waals surface area contributed by atoms with Gasteiger partial charge in [-0.25, -0.2) is 5.01 Å². The third-order valence-corrected chi connectivity index (χ3v) is 4.67. The molecule has 1 atom stereocenters. The summed E-state index contributed by atoms with van der Waals surface area (Å²) in [5.74, 6) is -1.57. The Morgan fingerprint density at radius 3 is 2.12 bits per heavy atom. The first-order valence-corrected chi connectivity index (χ1v) is 8.23. The van der Waals surface area contributed by atoms with Gasteiger partial charge in [0.2, 0.25) is 5.60 Å². The van der Waals surface area contributed by atoms with Crippen LogP contribution in [-0.4, -0.2) is 71.8 Å². The molecule has 9 heteroatoms. The van der Waals surface area contributed by atoms with Gasteiger partial charge in [-0.05, 0) is 26.0 Å². The molecular weight excluding hydrogens is 351 g/mol. The predicted molar refractivity (Wildman–Crippen MR) is 87.2 cm³/mol. The van der Waals surface area contributed by atoms with Gasteiger partial charge in [0, 0.05) is 5.56 Å². The van der Waals surface area contributed by atoms with E-state index < -0.39 is 17.7 Å². The van der Waals surface area contributed by atoms with Crippen LogP contribution in [0.2, 0.25) is 0 Å². The van der Waals surface area contributed by atoms with Crippen molar-refractivity contribution in [2.24, 2.45) is 0 Å². The van der Waals surface area contributed by atoms with Gasteiger partial charge in [0.1, 0.15) is 13.1 Å². The van der Waals surface area contributed by atoms with Crippen molar-refractivity contribution in [1.29, 1.82) is 0 Å². The number of benzene rings is 1. The molecule has 2 N–H and O–H groups in total. The molecule has 0 aliphatic carbocycles. The average Bonchev–Trinajstić information content (AvgIpc) is 2.59. The first-order chi connectivity index (χ1) is 11.9. The van der Waals surface area contributed by atoms with Crippen LogP contribution in [0.15, 0.2) is 24.3 Å². The molecule has 2 amide bonds. The number of carbonyl (C=O) groups excluding carboxylic acids is 2. The number of hydrogen-bond acceptors (Lipinski definition) is 3. The summed E-state index contributed by atoms with van der Waals surface area (Å²) < 4.78 is 38.4. The summed E-state index contributed by atoms with van der Waals surface area (Å²) in [5.41, 5.74) is -1.86. The predicted octanol–water partition coefficient (Wildman–Crippen LogP) is 0.0224. The number of aryl methyl sites for hydroxylation is 1. The summed E-state index contributed by atoms with van der Waals surface area (Å²) in [6.07, 6.45) is -5.04. The van der Waals surface area contributed by atoms with Gasteiger partial charge in [-0.15, -0.1) is 0 Å². The zero-order valence-electron chi connectivity index (χ0n) is 14.9. The first kappa shape index (κ1) is 20.2. The number of quaternary nitrogens is 1. The van der Waals surface area contributed by atoms with Crippen LogP contribution in [0.5, 0.6) is 0 Å². The van der Waals surface area contributed by atoms with Crippen LogP contribution in [0.3, 0.4) is 0 Å². The van der Waals surface area contributed by atoms with E-state index in [-0.39, 0.29) is 32.1 Å². The van der Waals surface area contributed by atoms with E-state index in [9.17, 15) is 27.9 Å². The van der Waals surface area contributed by atoms with E-state index >= 15 is 0 Å². The Bertz CT molecular complexity index is 666. The molecule has 2 rings (SSSR count). The number of halogens is 3. The average molecular weight is 374 g/mol. The van der Waals surface area contributed by atoms with Gasteiger partial charge >= 0.3 is 6.18 Å². The molecule has 1 saturated heterocycles. The fraction of sp³-hybridized carbons (Fsp3) is 0.529. The minimum atomic E-state index is -5.04. The smallest absolute Gasteiger partial charge is 0.373 e. The summed E-state index contributed by atoms with van der Waals surface area (Å²) in [5, 5.41) is 11.7. The Labute approximate surface area is 149 Å². The van der Waals surface area contributed by atoms with Crippen LogP contribution in [0.25, 0.3) is 0 Å². The Balaban J connectivity index is 1.98. The van der Waals surface area contributed by atoms with Crippen LogP contribution < -0.4 is 5.01 Å². The molecule has 1 aliphatic heterocycles. The first-order valence-electron chi connectivity index (χ1n) is 8.23. The van der Waals surface area contributed by atoms with Crippen molar-refractivity contribution >= 4 is 11.8 Å². The Kier molecular flexibility index (Phi) is 5.62. The maximum atomic E-state index is 12.8. The van der Waals surface area contributed by atoms with E-state index in [2.05, 4.69) is 0 Å². The van der Waals surface area contributed by atoms with Gasteiger partial charge < -0.3 is 10.0 Å². The summed E-state index contributed by atoms with van der Waals surface area (Å²) in [6, 6.07) is 7.08. The van der Waals surface area contributed by atoms with Crippen molar-refractivity contribution in [2.45, 2.75) is 25.6 Å². The highest BCUT2D eigenvalue weighted by Gasteiger charge is 2.57. The highest BCUT2D eigenvalue weighted by atomic mass is 19.4. The second-order valence-corrected chi connectivity index (χ2v) is 6.66. The van der Waals surface area contributed by atoms with E-state index in [1.165, 1.54) is 5.01 Å². The summed E-state index contributed by atoms with van der Waals surface area (Å²) in [7, 11) is 1.61. The number of nitrogens with zero attached hydrogens (tertiary/aromatic N) is 2. The fourth-order valence-electron chi connectivity index (χ4n) is 2.77. The number of nitrogens with one attached hydrogen (secondary N) is 1. The van der Waals surface area contributed by atoms with Crippen LogP contribution in [0.4, 0.5) is 13.2 Å². The zero-order valence-corrected chi connectivity index (χ0v) is 14.9. The highest BCUT2D eigenvalue weighted by molar-refractivity contribution is 5.93. The van der Waals surface area contributed by atoms with E-state index in [0.717, 1.165) is 15.5 Å². The van der Waals surface area contributed by atoms with Crippen molar-refractivity contribution in [3.63, 3.8) is 0 Å². The van der Waals surface area contributed by atoms with Crippen molar-refractivity contribution in [1.82, 2.24) is 9.91 Å². The number of carbonyl (C=O) groups is 2. The Hall–Kier alpha value is -2.13. The molecule has 6 nitrogen and oxygen atoms in total. The molecule has 0 saturated carbocycles. The molecule has 1 heterocycles. The van der Waals surface area contributed by atoms with Crippen molar-refractivity contribution in [2.75, 3.05) is 33.2 Å². The minimum absolute atomic E-state index is 0.0198. The van der Waals surface area contributed by atoms with Gasteiger partial charge in [-0.2, -0.15) is 18.2 Å². The highest BCUT2D eigenvalue weighted by Crippen LogP contribution is 2.31. The quantitative estimate of drug-likeness (QED) is 0.784. The van der Waals surface area contributed by atoms with Crippen LogP contribution in [0.1, 0.15) is 22.8 Å². The second kappa shape index (κ2) is 7.24. The van der Waals surface area contributed by atoms with Crippen molar-refractivity contribution in [3.05, 3.63) is 35.4 Å². The largest absolute Gasteiger partial charge is 0.426 e. The molecule has 0 bridgehead atoms. The third kappa shape index (κ3) is 3.99. The lowest BCUT2D eigenvalue weighted by atomic mass is 10.0. The SMILES string of the molecule is Cc1ccc(C(=O)N(C)[NH+]2CCN(C(=O)[C@@](C)(O)C(F)(F)F)CC2)cc1. The lowest BCUT2D eigenvalue weighted by molar-refractivity contribution is -1.00. The van der Waals surface area contributed by atoms with E-state index in [0.29, 0.717) is 12.5 Å². The van der Waals surface area contributed by atoms with E-state index in [1.54, 1.807) is 19.2 Å². The van der Waals surface area contributed by atoms with Gasteiger partial charge in [0.05, 0.1) is 20.1 Å². The normalized spacial score (nSPS) is 18.3. The number of hydrogen-bond donors (Lipinski definition) is 2. The second-order valence-electron chi connectivity index (χ2n) is 6.66. The molecule has 1 aliphatic rings. The number of alkyl halides is 3. The number of aliphatic hydroxyl groups is 1. The summed E-state index contributed by atoms with van der Waals surface area (Å²) in [6.45, 7) is 2.95. The molecule has 0 aromatic heterocycles. The van der Waals surface area contributed by atoms with E-state index in [4.69, 9.17) is 0 Å². The molecule has 0 radical (unpaired) electrons. The molecule has 26 heavy (non-hydrogen) atoms. The van der Waals surface area contributed by atoms with Gasteiger partial charge in [-0.3, -0.25) is 9.59 Å². The maximum Gasteiger partial charge on any atom is 0.426 e. The van der Waals surface area contributed by atoms with Gasteiger partial charge in [0.25, 0.3) is 11.8 Å². The molecule has 1 aromatic carbocycles. The Morgan fingerprint density at radius 2 is 1.65 bits per heavy atom. The number of piperazine rings is 1. The van der Waals surface area contributed by atoms with Crippen molar-refractivity contribution < 1.29 is 32.9 Å². The van der Waals surface area contributed by atoms with E-state index in [1.807, 2.05) is 19.1 Å². The topological polar surface area (TPSA) is 65.3 Å². The third-order valence-electron chi connectivity index (χ3n) is 4.67. The molecule has 1 fully saturated rings. The lowest BCUT2D eigenvalue weighted by Crippen LogP contribution is -3.20. The molecule has 0 unspecified atom stereocenters. The van der Waals surface area contributed by atoms with Crippen LogP contribution >= 0.6 is 0 Å². The van der Waals surface area contributed by atoms with Gasteiger partial charge in [0.15, 0.2) is 0 Å². The molecular formula is C17H23F3N3O3+. The maximum absolute atomic E-state index is 12.8. The summed E-state index contributed by atoms with van der Waals surface area (Å²) in [4.78, 5) is 25.5. The Morgan fingerprint density at radius 1 is 1.15 bits per heavy atom. The van der Waals surface area contributed by atoms with Crippen LogP contribution in [0, 0.1) is 6.92 Å². The standard InChI is InChI=1S/C17H22F3N3O3/c1-12-4-6-13(7-5-12)14(24)21(3)23-10-8-22(9-11-23)15(25)16(2,26)17(18,19)20/h4-7,26H,8-11H2,1-3H3/p+1/t16-/m1/s1. The molecule has 0 spiro atoms. The summed E-state index contributed by atoms with van der Waals surface area (Å²) >= 11 is 0. The monoisotopic (exact) mass is 374 g/mol. The number of amides is 2. The van der Waals surface area contributed by atoms with Crippen molar-refractivity contribution in [3.8, 4) is 0 Å². The fourth-order valence-corrected chi connectivity index (χ4v) is 2.77. The molecule has 144 valence electrons. The minimum Gasteiger partial charge on any atom is -0.373 e. The van der Waals surface area contributed by atoms with Gasteiger partial charge in [-0.1, -0.05) is 17.7 Å². The lowest BCUT2D eigenvalue weighted by Gasteiger charge is -2.38. The number of rotatable bonds is 3. The molecule has 1 aromatic rings. The zero-order chi connectivity index (χ0) is 19.7. The van der Waals surface area contributed by atoms with Crippen LogP contribution in [-0.2, 0) is 4.79 Å².